The van der Waals surface area contributed by atoms with Gasteiger partial charge in [0.25, 0.3) is 17.7 Å². The third-order valence-electron chi connectivity index (χ3n) is 6.49. The van der Waals surface area contributed by atoms with Gasteiger partial charge in [-0.25, -0.2) is 9.59 Å². The fourth-order valence-corrected chi connectivity index (χ4v) is 5.29. The van der Waals surface area contributed by atoms with Crippen LogP contribution in [0.3, 0.4) is 0 Å². The average Bonchev–Trinajstić information content (AvgIpc) is 3.06. The van der Waals surface area contributed by atoms with Crippen molar-refractivity contribution in [2.45, 2.75) is 88.9 Å². The summed E-state index contributed by atoms with van der Waals surface area (Å²) >= 11 is 7.25. The van der Waals surface area contributed by atoms with Crippen LogP contribution in [0.1, 0.15) is 64.4 Å². The molecule has 3 rings (SSSR count). The van der Waals surface area contributed by atoms with Crippen LogP contribution < -0.4 is 26.4 Å². The van der Waals surface area contributed by atoms with Crippen LogP contribution in [0.15, 0.2) is 47.4 Å². The molecule has 1 aliphatic rings. The van der Waals surface area contributed by atoms with Crippen molar-refractivity contribution in [2.75, 3.05) is 10.7 Å². The maximum Gasteiger partial charge on any atom is 0.420 e. The number of halogens is 4. The molecule has 0 spiro atoms. The number of anilines is 1. The SMILES string of the molecule is CC(C)(C)OC(=O)N[C@H]1CSc2ccc(C(=O)NNC(=O)C(C)(NC(=O)OC(C)(C)C)C(F)(F)F)cc2N(Cc2ccc(Cl)cc2)C1=O. The predicted molar refractivity (Wildman–Crippen MR) is 172 cm³/mol. The molecule has 2 aromatic carbocycles. The van der Waals surface area contributed by atoms with Gasteiger partial charge in [0.2, 0.25) is 5.54 Å². The Morgan fingerprint density at radius 3 is 2.04 bits per heavy atom. The number of rotatable bonds is 6. The molecule has 2 atom stereocenters. The van der Waals surface area contributed by atoms with E-state index in [4.69, 9.17) is 21.1 Å². The van der Waals surface area contributed by atoms with E-state index in [0.29, 0.717) is 22.4 Å². The number of nitrogens with one attached hydrogen (secondary N) is 4. The highest BCUT2D eigenvalue weighted by molar-refractivity contribution is 7.99. The van der Waals surface area contributed by atoms with Crippen molar-refractivity contribution in [3.8, 4) is 0 Å². The highest BCUT2D eigenvalue weighted by atomic mass is 35.5. The summed E-state index contributed by atoms with van der Waals surface area (Å²) in [7, 11) is 0. The summed E-state index contributed by atoms with van der Waals surface area (Å²) in [4.78, 5) is 66.3. The summed E-state index contributed by atoms with van der Waals surface area (Å²) < 4.78 is 52.1. The van der Waals surface area contributed by atoms with Crippen LogP contribution in [0, 0.1) is 0 Å². The number of hydrogen-bond acceptors (Lipinski definition) is 8. The zero-order valence-electron chi connectivity index (χ0n) is 27.3. The zero-order chi connectivity index (χ0) is 36.2. The van der Waals surface area contributed by atoms with E-state index in [1.807, 2.05) is 5.43 Å². The zero-order valence-corrected chi connectivity index (χ0v) is 28.8. The Hall–Kier alpha value is -4.18. The first-order chi connectivity index (χ1) is 22.0. The van der Waals surface area contributed by atoms with E-state index in [9.17, 15) is 37.1 Å². The van der Waals surface area contributed by atoms with Gasteiger partial charge in [-0.15, -0.1) is 11.8 Å². The lowest BCUT2D eigenvalue weighted by molar-refractivity contribution is -0.195. The molecule has 48 heavy (non-hydrogen) atoms. The first-order valence-corrected chi connectivity index (χ1v) is 15.9. The van der Waals surface area contributed by atoms with Gasteiger partial charge in [0.05, 0.1) is 12.2 Å². The summed E-state index contributed by atoms with van der Waals surface area (Å²) in [5.41, 5.74) is -1.02. The van der Waals surface area contributed by atoms with Crippen molar-refractivity contribution < 1.29 is 46.6 Å². The smallest absolute Gasteiger partial charge is 0.420 e. The molecule has 0 radical (unpaired) electrons. The molecule has 1 unspecified atom stereocenters. The average molecular weight is 716 g/mol. The third kappa shape index (κ3) is 10.2. The number of fused-ring (bicyclic) bond motifs is 1. The van der Waals surface area contributed by atoms with Crippen LogP contribution in [0.2, 0.25) is 5.02 Å². The number of amides is 5. The minimum absolute atomic E-state index is 0.00184. The molecule has 4 N–H and O–H groups in total. The van der Waals surface area contributed by atoms with Gasteiger partial charge in [-0.1, -0.05) is 23.7 Å². The van der Waals surface area contributed by atoms with Crippen molar-refractivity contribution in [3.63, 3.8) is 0 Å². The molecule has 17 heteroatoms. The predicted octanol–water partition coefficient (Wildman–Crippen LogP) is 5.48. The van der Waals surface area contributed by atoms with E-state index in [-0.39, 0.29) is 23.5 Å². The summed E-state index contributed by atoms with van der Waals surface area (Å²) in [6.45, 7) is 9.73. The number of nitrogens with zero attached hydrogens (tertiary/aromatic N) is 1. The molecule has 262 valence electrons. The molecule has 2 aromatic rings. The van der Waals surface area contributed by atoms with Gasteiger partial charge in [-0.3, -0.25) is 30.6 Å². The molecule has 0 fully saturated rings. The van der Waals surface area contributed by atoms with Crippen molar-refractivity contribution in [1.29, 1.82) is 0 Å². The van der Waals surface area contributed by atoms with Gasteiger partial charge in [0, 0.05) is 21.2 Å². The highest BCUT2D eigenvalue weighted by Gasteiger charge is 2.58. The standard InChI is InChI=1S/C31H37ClF3N5O7S/c1-28(2,3)46-26(44)36-20-16-48-22-13-10-18(14-21(22)40(24(20)42)15-17-8-11-19(32)12-9-17)23(41)38-39-25(43)30(7,31(33,34)35)37-27(45)47-29(4,5)6/h8-14,20H,15-16H2,1-7H3,(H,36,44)(H,37,45)(H,38,41)(H,39,43)/t20-,30?/m0/s1. The topological polar surface area (TPSA) is 155 Å². The van der Waals surface area contributed by atoms with Gasteiger partial charge in [0.1, 0.15) is 17.2 Å². The number of hydrogen-bond donors (Lipinski definition) is 4. The summed E-state index contributed by atoms with van der Waals surface area (Å²) in [5.74, 6) is -3.23. The minimum atomic E-state index is -5.29. The first-order valence-electron chi connectivity index (χ1n) is 14.5. The number of ether oxygens (including phenoxy) is 2. The Bertz CT molecular complexity index is 1560. The molecule has 1 aliphatic heterocycles. The Kier molecular flexibility index (Phi) is 11.6. The maximum absolute atomic E-state index is 14.0. The lowest BCUT2D eigenvalue weighted by Crippen LogP contribution is -2.67. The number of thioether (sulfide) groups is 1. The van der Waals surface area contributed by atoms with Crippen molar-refractivity contribution in [2.24, 2.45) is 0 Å². The van der Waals surface area contributed by atoms with Crippen LogP contribution >= 0.6 is 23.4 Å². The van der Waals surface area contributed by atoms with Gasteiger partial charge in [0.15, 0.2) is 0 Å². The van der Waals surface area contributed by atoms with E-state index in [2.05, 4.69) is 5.32 Å². The number of carbonyl (C=O) groups excluding carboxylic acids is 5. The molecule has 12 nitrogen and oxygen atoms in total. The molecular weight excluding hydrogens is 679 g/mol. The van der Waals surface area contributed by atoms with Crippen molar-refractivity contribution in [1.82, 2.24) is 21.5 Å². The van der Waals surface area contributed by atoms with E-state index in [1.165, 1.54) is 60.9 Å². The molecular formula is C31H37ClF3N5O7S. The van der Waals surface area contributed by atoms with Crippen LogP contribution in [0.25, 0.3) is 0 Å². The maximum atomic E-state index is 14.0. The number of hydrazine groups is 1. The van der Waals surface area contributed by atoms with Crippen LogP contribution in [-0.2, 0) is 25.6 Å². The lowest BCUT2D eigenvalue weighted by Gasteiger charge is -2.32. The fraction of sp³-hybridized carbons (Fsp3) is 0.452. The molecule has 5 amide bonds. The molecule has 0 aliphatic carbocycles. The number of carbonyl (C=O) groups is 5. The highest BCUT2D eigenvalue weighted by Crippen LogP contribution is 2.37. The van der Waals surface area contributed by atoms with Crippen LogP contribution in [0.4, 0.5) is 28.4 Å². The molecule has 0 saturated carbocycles. The second kappa shape index (κ2) is 14.5. The van der Waals surface area contributed by atoms with E-state index < -0.39 is 58.9 Å². The van der Waals surface area contributed by atoms with Gasteiger partial charge in [-0.2, -0.15) is 13.2 Å². The van der Waals surface area contributed by atoms with Crippen molar-refractivity contribution in [3.05, 3.63) is 58.6 Å². The van der Waals surface area contributed by atoms with Crippen LogP contribution in [0.5, 0.6) is 0 Å². The van der Waals surface area contributed by atoms with Gasteiger partial charge >= 0.3 is 18.4 Å². The van der Waals surface area contributed by atoms with Crippen molar-refractivity contribution >= 4 is 59.0 Å². The third-order valence-corrected chi connectivity index (χ3v) is 7.90. The second-order valence-corrected chi connectivity index (χ2v) is 14.4. The molecule has 1 heterocycles. The quantitative estimate of drug-likeness (QED) is 0.287. The Morgan fingerprint density at radius 2 is 1.48 bits per heavy atom. The normalized spacial score (nSPS) is 16.4. The number of alkyl carbamates (subject to hydrolysis) is 2. The Labute approximate surface area is 284 Å². The number of benzene rings is 2. The lowest BCUT2D eigenvalue weighted by atomic mass is 10.0. The minimum Gasteiger partial charge on any atom is -0.444 e. The largest absolute Gasteiger partial charge is 0.444 e. The summed E-state index contributed by atoms with van der Waals surface area (Å²) in [5, 5.41) is 4.58. The van der Waals surface area contributed by atoms with Crippen LogP contribution in [-0.4, -0.2) is 64.6 Å². The van der Waals surface area contributed by atoms with Gasteiger partial charge < -0.3 is 19.7 Å². The summed E-state index contributed by atoms with van der Waals surface area (Å²) in [6.07, 6.45) is -7.59. The van der Waals surface area contributed by atoms with Gasteiger partial charge in [-0.05, 0) is 84.4 Å². The molecule has 0 aromatic heterocycles. The first kappa shape index (κ1) is 38.3. The van der Waals surface area contributed by atoms with E-state index in [0.717, 1.165) is 0 Å². The van der Waals surface area contributed by atoms with E-state index in [1.54, 1.807) is 50.5 Å². The van der Waals surface area contributed by atoms with E-state index >= 15 is 0 Å². The fourth-order valence-electron chi connectivity index (χ4n) is 4.11. The Balaban J connectivity index is 1.88. The molecule has 0 bridgehead atoms. The second-order valence-electron chi connectivity index (χ2n) is 12.9. The molecule has 0 saturated heterocycles. The monoisotopic (exact) mass is 715 g/mol. The number of alkyl halides is 3. The summed E-state index contributed by atoms with van der Waals surface area (Å²) in [6, 6.07) is 9.82. The Morgan fingerprint density at radius 1 is 0.896 bits per heavy atom.